The molecule has 4 heteroatoms. The number of benzene rings is 2. The molecule has 2 aromatic rings. The van der Waals surface area contributed by atoms with E-state index < -0.39 is 5.60 Å². The predicted octanol–water partition coefficient (Wildman–Crippen LogP) is 4.81. The Balaban J connectivity index is 1.70. The van der Waals surface area contributed by atoms with Crippen molar-refractivity contribution in [3.05, 3.63) is 72.8 Å². The molecule has 0 radical (unpaired) electrons. The maximum atomic E-state index is 11.9. The highest BCUT2D eigenvalue weighted by Crippen LogP contribution is 2.39. The van der Waals surface area contributed by atoms with Gasteiger partial charge in [-0.1, -0.05) is 43.0 Å². The molecule has 0 spiro atoms. The molecule has 1 aliphatic rings. The molecule has 0 N–H and O–H groups in total. The zero-order valence-electron chi connectivity index (χ0n) is 12.7. The SMILES string of the molecule is C=C1CC(CSc2ccccc2)(CSc2ccccc2)OC1=O. The summed E-state index contributed by atoms with van der Waals surface area (Å²) in [6.07, 6.45) is 0.603. The van der Waals surface area contributed by atoms with Gasteiger partial charge in [-0.15, -0.1) is 23.5 Å². The van der Waals surface area contributed by atoms with Crippen molar-refractivity contribution in [2.24, 2.45) is 0 Å². The summed E-state index contributed by atoms with van der Waals surface area (Å²) >= 11 is 3.45. The van der Waals surface area contributed by atoms with Gasteiger partial charge in [-0.05, 0) is 24.3 Å². The van der Waals surface area contributed by atoms with Gasteiger partial charge in [-0.2, -0.15) is 0 Å². The zero-order chi connectivity index (χ0) is 16.1. The Morgan fingerprint density at radius 3 is 1.78 bits per heavy atom. The summed E-state index contributed by atoms with van der Waals surface area (Å²) in [6.45, 7) is 3.85. The highest BCUT2D eigenvalue weighted by molar-refractivity contribution is 8.00. The lowest BCUT2D eigenvalue weighted by atomic mass is 10.0. The number of thioether (sulfide) groups is 2. The van der Waals surface area contributed by atoms with Crippen molar-refractivity contribution in [2.75, 3.05) is 11.5 Å². The fourth-order valence-electron chi connectivity index (χ4n) is 2.43. The van der Waals surface area contributed by atoms with Crippen LogP contribution in [0, 0.1) is 0 Å². The molecule has 0 amide bonds. The van der Waals surface area contributed by atoms with Crippen LogP contribution < -0.4 is 0 Å². The monoisotopic (exact) mass is 342 g/mol. The second kappa shape index (κ2) is 7.28. The number of hydrogen-bond acceptors (Lipinski definition) is 4. The van der Waals surface area contributed by atoms with Gasteiger partial charge in [0, 0.05) is 33.3 Å². The molecule has 1 fully saturated rings. The molecule has 23 heavy (non-hydrogen) atoms. The van der Waals surface area contributed by atoms with Crippen LogP contribution >= 0.6 is 23.5 Å². The fraction of sp³-hybridized carbons (Fsp3) is 0.211. The van der Waals surface area contributed by atoms with Crippen LogP contribution in [0.4, 0.5) is 0 Å². The van der Waals surface area contributed by atoms with Crippen LogP contribution in [0.25, 0.3) is 0 Å². The molecule has 0 aliphatic carbocycles. The van der Waals surface area contributed by atoms with Gasteiger partial charge in [0.15, 0.2) is 0 Å². The number of esters is 1. The highest BCUT2D eigenvalue weighted by Gasteiger charge is 2.42. The summed E-state index contributed by atoms with van der Waals surface area (Å²) in [5.41, 5.74) is 0.0992. The van der Waals surface area contributed by atoms with Crippen molar-refractivity contribution in [1.82, 2.24) is 0 Å². The lowest BCUT2D eigenvalue weighted by Gasteiger charge is -2.26. The summed E-state index contributed by atoms with van der Waals surface area (Å²) < 4.78 is 5.72. The average molecular weight is 342 g/mol. The Morgan fingerprint density at radius 2 is 1.39 bits per heavy atom. The molecule has 0 aromatic heterocycles. The number of hydrogen-bond donors (Lipinski definition) is 0. The smallest absolute Gasteiger partial charge is 0.334 e. The average Bonchev–Trinajstić information content (AvgIpc) is 2.88. The molecule has 2 nitrogen and oxygen atoms in total. The van der Waals surface area contributed by atoms with Crippen LogP contribution in [-0.2, 0) is 9.53 Å². The fourth-order valence-corrected chi connectivity index (χ4v) is 4.65. The molecule has 1 saturated heterocycles. The summed E-state index contributed by atoms with van der Waals surface area (Å²) in [5, 5.41) is 0. The van der Waals surface area contributed by atoms with Gasteiger partial charge < -0.3 is 4.74 Å². The quantitative estimate of drug-likeness (QED) is 0.427. The third kappa shape index (κ3) is 4.21. The Kier molecular flexibility index (Phi) is 5.13. The largest absolute Gasteiger partial charge is 0.454 e. The Labute approximate surface area is 145 Å². The maximum absolute atomic E-state index is 11.9. The van der Waals surface area contributed by atoms with E-state index in [9.17, 15) is 4.79 Å². The predicted molar refractivity (Wildman–Crippen MR) is 96.9 cm³/mol. The van der Waals surface area contributed by atoms with Gasteiger partial charge in [0.1, 0.15) is 5.60 Å². The van der Waals surface area contributed by atoms with Crippen LogP contribution in [0.15, 0.2) is 82.6 Å². The van der Waals surface area contributed by atoms with Gasteiger partial charge >= 0.3 is 5.97 Å². The molecular formula is C19H18O2S2. The minimum Gasteiger partial charge on any atom is -0.454 e. The molecular weight excluding hydrogens is 324 g/mol. The molecule has 0 atom stereocenters. The summed E-state index contributed by atoms with van der Waals surface area (Å²) in [4.78, 5) is 14.2. The van der Waals surface area contributed by atoms with Gasteiger partial charge in [-0.3, -0.25) is 0 Å². The third-order valence-electron chi connectivity index (χ3n) is 3.62. The second-order valence-electron chi connectivity index (χ2n) is 5.56. The number of ether oxygens (including phenoxy) is 1. The molecule has 1 heterocycles. The lowest BCUT2D eigenvalue weighted by molar-refractivity contribution is -0.143. The van der Waals surface area contributed by atoms with E-state index in [1.54, 1.807) is 23.5 Å². The van der Waals surface area contributed by atoms with Crippen LogP contribution in [0.2, 0.25) is 0 Å². The molecule has 2 aromatic carbocycles. The summed E-state index contributed by atoms with van der Waals surface area (Å²) in [6, 6.07) is 20.4. The first-order chi connectivity index (χ1) is 11.2. The first kappa shape index (κ1) is 16.2. The van der Waals surface area contributed by atoms with Gasteiger partial charge in [0.2, 0.25) is 0 Å². The maximum Gasteiger partial charge on any atom is 0.334 e. The van der Waals surface area contributed by atoms with Gasteiger partial charge in [0.25, 0.3) is 0 Å². The van der Waals surface area contributed by atoms with Gasteiger partial charge in [-0.25, -0.2) is 4.79 Å². The third-order valence-corrected chi connectivity index (χ3v) is 6.18. The highest BCUT2D eigenvalue weighted by atomic mass is 32.2. The van der Waals surface area contributed by atoms with E-state index >= 15 is 0 Å². The van der Waals surface area contributed by atoms with Crippen molar-refractivity contribution in [3.8, 4) is 0 Å². The van der Waals surface area contributed by atoms with Crippen molar-refractivity contribution in [3.63, 3.8) is 0 Å². The lowest BCUT2D eigenvalue weighted by Crippen LogP contribution is -2.34. The molecule has 0 unspecified atom stereocenters. The molecule has 118 valence electrons. The minimum absolute atomic E-state index is 0.257. The zero-order valence-corrected chi connectivity index (χ0v) is 14.4. The van der Waals surface area contributed by atoms with Gasteiger partial charge in [0.05, 0.1) is 0 Å². The Bertz CT molecular complexity index is 622. The van der Waals surface area contributed by atoms with Crippen LogP contribution in [0.5, 0.6) is 0 Å². The minimum atomic E-state index is -0.477. The van der Waals surface area contributed by atoms with Crippen LogP contribution in [-0.4, -0.2) is 23.1 Å². The van der Waals surface area contributed by atoms with Crippen LogP contribution in [0.3, 0.4) is 0 Å². The van der Waals surface area contributed by atoms with Crippen LogP contribution in [0.1, 0.15) is 6.42 Å². The number of carbonyl (C=O) groups is 1. The van der Waals surface area contributed by atoms with Crippen molar-refractivity contribution in [2.45, 2.75) is 21.8 Å². The molecule has 3 rings (SSSR count). The van der Waals surface area contributed by atoms with E-state index in [1.807, 2.05) is 36.4 Å². The van der Waals surface area contributed by atoms with Crippen molar-refractivity contribution < 1.29 is 9.53 Å². The van der Waals surface area contributed by atoms with Crippen molar-refractivity contribution >= 4 is 29.5 Å². The Hall–Kier alpha value is -1.65. The normalized spacial score (nSPS) is 16.3. The van der Waals surface area contributed by atoms with E-state index in [-0.39, 0.29) is 5.97 Å². The number of carbonyl (C=O) groups excluding carboxylic acids is 1. The van der Waals surface area contributed by atoms with E-state index in [1.165, 1.54) is 9.79 Å². The molecule has 0 saturated carbocycles. The van der Waals surface area contributed by atoms with E-state index in [4.69, 9.17) is 4.74 Å². The first-order valence-corrected chi connectivity index (χ1v) is 9.41. The molecule has 0 bridgehead atoms. The first-order valence-electron chi connectivity index (χ1n) is 7.44. The van der Waals surface area contributed by atoms with E-state index in [0.29, 0.717) is 12.0 Å². The van der Waals surface area contributed by atoms with E-state index in [2.05, 4.69) is 30.8 Å². The topological polar surface area (TPSA) is 26.3 Å². The number of rotatable bonds is 6. The Morgan fingerprint density at radius 1 is 0.913 bits per heavy atom. The summed E-state index contributed by atoms with van der Waals surface area (Å²) in [5.74, 6) is 1.22. The molecule has 1 aliphatic heterocycles. The summed E-state index contributed by atoms with van der Waals surface area (Å²) in [7, 11) is 0. The van der Waals surface area contributed by atoms with E-state index in [0.717, 1.165) is 11.5 Å². The van der Waals surface area contributed by atoms with Crippen molar-refractivity contribution in [1.29, 1.82) is 0 Å². The standard InChI is InChI=1S/C19H18O2S2/c1-15-12-19(21-18(15)20,13-22-16-8-4-2-5-9-16)14-23-17-10-6-3-7-11-17/h2-11H,1,12-14H2. The second-order valence-corrected chi connectivity index (χ2v) is 7.65. The number of cyclic esters (lactones) is 1.